The first-order valence-electron chi connectivity index (χ1n) is 14.1. The average molecular weight is 509 g/mol. The lowest BCUT2D eigenvalue weighted by molar-refractivity contribution is -0.124. The third kappa shape index (κ3) is 6.61. The van der Waals surface area contributed by atoms with E-state index in [4.69, 9.17) is 9.72 Å². The van der Waals surface area contributed by atoms with Crippen molar-refractivity contribution in [2.75, 3.05) is 26.7 Å². The van der Waals surface area contributed by atoms with Crippen LogP contribution in [0.1, 0.15) is 89.1 Å². The number of hydrogen-bond acceptors (Lipinski definition) is 5. The van der Waals surface area contributed by atoms with Gasteiger partial charge in [-0.15, -0.1) is 0 Å². The average Bonchev–Trinajstić information content (AvgIpc) is 3.38. The highest BCUT2D eigenvalue weighted by Crippen LogP contribution is 2.59. The Bertz CT molecular complexity index is 1070. The molecule has 37 heavy (non-hydrogen) atoms. The van der Waals surface area contributed by atoms with E-state index in [0.29, 0.717) is 18.6 Å². The molecule has 0 unspecified atom stereocenters. The van der Waals surface area contributed by atoms with Gasteiger partial charge in [-0.2, -0.15) is 0 Å². The van der Waals surface area contributed by atoms with Crippen molar-refractivity contribution in [1.29, 1.82) is 0 Å². The number of carbonyl (C=O) groups is 2. The summed E-state index contributed by atoms with van der Waals surface area (Å²) in [6.45, 7) is 9.47. The lowest BCUT2D eigenvalue weighted by Gasteiger charge is -2.32. The van der Waals surface area contributed by atoms with Crippen molar-refractivity contribution in [3.05, 3.63) is 35.8 Å². The van der Waals surface area contributed by atoms with E-state index in [1.165, 1.54) is 0 Å². The molecule has 2 atom stereocenters. The number of unbranched alkanes of at least 4 members (excludes halogenated alkanes) is 2. The maximum atomic E-state index is 13.4. The van der Waals surface area contributed by atoms with Gasteiger partial charge in [-0.25, -0.2) is 4.98 Å². The molecule has 2 aliphatic rings. The van der Waals surface area contributed by atoms with Gasteiger partial charge in [0.15, 0.2) is 0 Å². The van der Waals surface area contributed by atoms with Crippen molar-refractivity contribution in [1.82, 2.24) is 20.2 Å². The normalized spacial score (nSPS) is 19.5. The van der Waals surface area contributed by atoms with Crippen molar-refractivity contribution in [2.45, 2.75) is 84.6 Å². The summed E-state index contributed by atoms with van der Waals surface area (Å²) in [6, 6.07) is 5.92. The van der Waals surface area contributed by atoms with Crippen LogP contribution in [0.3, 0.4) is 0 Å². The molecule has 1 aromatic carbocycles. The van der Waals surface area contributed by atoms with Gasteiger partial charge in [-0.05, 0) is 76.2 Å². The predicted octanol–water partition coefficient (Wildman–Crippen LogP) is 5.60. The van der Waals surface area contributed by atoms with Crippen molar-refractivity contribution >= 4 is 11.7 Å². The minimum Gasteiger partial charge on any atom is -0.496 e. The first kappa shape index (κ1) is 27.4. The van der Waals surface area contributed by atoms with Gasteiger partial charge < -0.3 is 19.9 Å². The number of nitrogens with one attached hydrogen (secondary N) is 2. The van der Waals surface area contributed by atoms with Gasteiger partial charge in [0.1, 0.15) is 17.4 Å². The molecule has 2 aromatic rings. The molecular formula is C30H44N4O3. The van der Waals surface area contributed by atoms with E-state index in [1.54, 1.807) is 7.11 Å². The molecule has 0 bridgehead atoms. The monoisotopic (exact) mass is 508 g/mol. The molecule has 1 aliphatic carbocycles. The van der Waals surface area contributed by atoms with Crippen LogP contribution in [-0.4, -0.2) is 53.3 Å². The van der Waals surface area contributed by atoms with Gasteiger partial charge in [-0.1, -0.05) is 38.3 Å². The number of benzene rings is 1. The summed E-state index contributed by atoms with van der Waals surface area (Å²) >= 11 is 0. The number of nitrogens with zero attached hydrogens (tertiary/aromatic N) is 2. The number of aryl methyl sites for hydroxylation is 1. The van der Waals surface area contributed by atoms with Gasteiger partial charge in [-0.3, -0.25) is 9.59 Å². The standard InChI is InChI=1S/C30H44N4O3/c1-5-22(35)10-8-7-9-11-25(33-29(36)24-19-30(24)14-16-34(6-2)17-15-30)28-31-20-26(32-28)23-18-21(3)12-13-27(23)37-4/h12-13,18,20,24-25H,5-11,14-17,19H2,1-4H3,(H,31,32)(H,33,36)/t24-,25+/m1/s1. The van der Waals surface area contributed by atoms with Crippen LogP contribution >= 0.6 is 0 Å². The Hall–Kier alpha value is -2.67. The summed E-state index contributed by atoms with van der Waals surface area (Å²) < 4.78 is 5.58. The molecule has 1 spiro atoms. The summed E-state index contributed by atoms with van der Waals surface area (Å²) in [7, 11) is 1.67. The third-order valence-electron chi connectivity index (χ3n) is 8.54. The fourth-order valence-corrected chi connectivity index (χ4v) is 5.84. The molecule has 0 radical (unpaired) electrons. The third-order valence-corrected chi connectivity index (χ3v) is 8.54. The molecule has 202 valence electrons. The highest BCUT2D eigenvalue weighted by Gasteiger charge is 2.58. The van der Waals surface area contributed by atoms with Gasteiger partial charge >= 0.3 is 0 Å². The second-order valence-corrected chi connectivity index (χ2v) is 11.0. The number of imidazole rings is 1. The number of rotatable bonds is 13. The van der Waals surface area contributed by atoms with E-state index in [2.05, 4.69) is 35.1 Å². The smallest absolute Gasteiger partial charge is 0.224 e. The molecule has 4 rings (SSSR count). The topological polar surface area (TPSA) is 87.3 Å². The number of aromatic amines is 1. The zero-order valence-corrected chi connectivity index (χ0v) is 23.1. The molecule has 7 heteroatoms. The fraction of sp³-hybridized carbons (Fsp3) is 0.633. The number of aromatic nitrogens is 2. The van der Waals surface area contributed by atoms with Crippen LogP contribution in [0.2, 0.25) is 0 Å². The molecule has 1 saturated heterocycles. The molecule has 1 aromatic heterocycles. The maximum absolute atomic E-state index is 13.4. The van der Waals surface area contributed by atoms with Crippen LogP contribution in [0, 0.1) is 18.3 Å². The zero-order valence-electron chi connectivity index (χ0n) is 23.1. The number of methoxy groups -OCH3 is 1. The summed E-state index contributed by atoms with van der Waals surface area (Å²) in [5.41, 5.74) is 3.20. The highest BCUT2D eigenvalue weighted by atomic mass is 16.5. The Balaban J connectivity index is 1.44. The van der Waals surface area contributed by atoms with E-state index >= 15 is 0 Å². The fourth-order valence-electron chi connectivity index (χ4n) is 5.84. The number of likely N-dealkylation sites (tertiary alicyclic amines) is 1. The van der Waals surface area contributed by atoms with Crippen LogP contribution in [0.4, 0.5) is 0 Å². The number of amides is 1. The zero-order chi connectivity index (χ0) is 26.4. The summed E-state index contributed by atoms with van der Waals surface area (Å²) in [4.78, 5) is 35.8. The number of hydrogen-bond donors (Lipinski definition) is 2. The van der Waals surface area contributed by atoms with E-state index in [1.807, 2.05) is 25.3 Å². The van der Waals surface area contributed by atoms with Crippen molar-refractivity contribution in [3.8, 4) is 17.0 Å². The van der Waals surface area contributed by atoms with Crippen LogP contribution in [0.15, 0.2) is 24.4 Å². The van der Waals surface area contributed by atoms with E-state index in [0.717, 1.165) is 93.0 Å². The molecule has 7 nitrogen and oxygen atoms in total. The predicted molar refractivity (Wildman–Crippen MR) is 146 cm³/mol. The first-order chi connectivity index (χ1) is 17.9. The molecule has 2 fully saturated rings. The largest absolute Gasteiger partial charge is 0.496 e. The molecule has 1 saturated carbocycles. The van der Waals surface area contributed by atoms with Crippen LogP contribution in [-0.2, 0) is 9.59 Å². The van der Waals surface area contributed by atoms with Crippen LogP contribution in [0.5, 0.6) is 5.75 Å². The van der Waals surface area contributed by atoms with E-state index < -0.39 is 0 Å². The quantitative estimate of drug-likeness (QED) is 0.344. The number of carbonyl (C=O) groups excluding carboxylic acids is 2. The Morgan fingerprint density at radius 3 is 2.70 bits per heavy atom. The molecular weight excluding hydrogens is 464 g/mol. The minimum absolute atomic E-state index is 0.113. The summed E-state index contributed by atoms with van der Waals surface area (Å²) in [5.74, 6) is 2.18. The summed E-state index contributed by atoms with van der Waals surface area (Å²) in [6.07, 6.45) is 9.94. The van der Waals surface area contributed by atoms with E-state index in [9.17, 15) is 9.59 Å². The number of ketones is 1. The van der Waals surface area contributed by atoms with Gasteiger partial charge in [0.2, 0.25) is 5.91 Å². The lowest BCUT2D eigenvalue weighted by atomic mass is 9.90. The number of piperidine rings is 1. The van der Waals surface area contributed by atoms with Crippen LogP contribution in [0.25, 0.3) is 11.3 Å². The second kappa shape index (κ2) is 12.2. The number of ether oxygens (including phenoxy) is 1. The van der Waals surface area contributed by atoms with Crippen molar-refractivity contribution in [3.63, 3.8) is 0 Å². The SMILES string of the molecule is CCC(=O)CCCCC[C@H](NC(=O)[C@H]1CC12CCN(CC)CC2)c1ncc(-c2cc(C)ccc2OC)[nH]1. The number of H-pyrrole nitrogens is 1. The molecule has 1 aliphatic heterocycles. The summed E-state index contributed by atoms with van der Waals surface area (Å²) in [5, 5.41) is 3.36. The second-order valence-electron chi connectivity index (χ2n) is 11.0. The molecule has 2 heterocycles. The lowest BCUT2D eigenvalue weighted by Crippen LogP contribution is -2.37. The van der Waals surface area contributed by atoms with Crippen molar-refractivity contribution in [2.24, 2.45) is 11.3 Å². The number of Topliss-reactive ketones (excluding diaryl/α,β-unsaturated/α-hetero) is 1. The van der Waals surface area contributed by atoms with Gasteiger partial charge in [0, 0.05) is 24.3 Å². The maximum Gasteiger partial charge on any atom is 0.224 e. The Labute approximate surface area is 221 Å². The molecule has 2 N–H and O–H groups in total. The highest BCUT2D eigenvalue weighted by molar-refractivity contribution is 5.83. The van der Waals surface area contributed by atoms with E-state index in [-0.39, 0.29) is 23.3 Å². The van der Waals surface area contributed by atoms with Crippen LogP contribution < -0.4 is 10.1 Å². The minimum atomic E-state index is -0.174. The molecule has 1 amide bonds. The Kier molecular flexibility index (Phi) is 9.06. The first-order valence-corrected chi connectivity index (χ1v) is 14.1. The van der Waals surface area contributed by atoms with Gasteiger partial charge in [0.05, 0.1) is 25.0 Å². The Morgan fingerprint density at radius 2 is 2.00 bits per heavy atom. The Morgan fingerprint density at radius 1 is 1.22 bits per heavy atom. The van der Waals surface area contributed by atoms with Crippen molar-refractivity contribution < 1.29 is 14.3 Å². The van der Waals surface area contributed by atoms with Gasteiger partial charge in [0.25, 0.3) is 0 Å².